The maximum absolute atomic E-state index is 4.41. The molecule has 5 heteroatoms. The van der Waals surface area contributed by atoms with Crippen molar-refractivity contribution in [2.24, 2.45) is 4.99 Å². The SMILES string of the molecule is CN=C(NCC(c1ccccc1)c1ccccc1)NCC1CCCN1C.I. The second-order valence-corrected chi connectivity index (χ2v) is 6.98. The van der Waals surface area contributed by atoms with Gasteiger partial charge >= 0.3 is 0 Å². The number of hydrogen-bond donors (Lipinski definition) is 2. The first-order valence-electron chi connectivity index (χ1n) is 9.52. The molecule has 0 saturated carbocycles. The van der Waals surface area contributed by atoms with Crippen LogP contribution in [-0.2, 0) is 0 Å². The number of benzene rings is 2. The Bertz CT molecular complexity index is 650. The van der Waals surface area contributed by atoms with Crippen LogP contribution in [0, 0.1) is 0 Å². The van der Waals surface area contributed by atoms with E-state index in [0.29, 0.717) is 12.0 Å². The molecule has 0 bridgehead atoms. The Morgan fingerprint density at radius 3 is 2.11 bits per heavy atom. The lowest BCUT2D eigenvalue weighted by atomic mass is 9.91. The zero-order valence-corrected chi connectivity index (χ0v) is 18.6. The molecule has 27 heavy (non-hydrogen) atoms. The van der Waals surface area contributed by atoms with E-state index in [4.69, 9.17) is 0 Å². The van der Waals surface area contributed by atoms with Crippen molar-refractivity contribution in [3.63, 3.8) is 0 Å². The van der Waals surface area contributed by atoms with Gasteiger partial charge in [-0.25, -0.2) is 0 Å². The van der Waals surface area contributed by atoms with Gasteiger partial charge in [-0.2, -0.15) is 0 Å². The number of guanidine groups is 1. The first-order chi connectivity index (χ1) is 12.8. The maximum Gasteiger partial charge on any atom is 0.191 e. The van der Waals surface area contributed by atoms with Gasteiger partial charge in [0.25, 0.3) is 0 Å². The summed E-state index contributed by atoms with van der Waals surface area (Å²) in [7, 11) is 4.05. The normalized spacial score (nSPS) is 17.6. The molecule has 2 N–H and O–H groups in total. The van der Waals surface area contributed by atoms with Crippen LogP contribution in [0.15, 0.2) is 65.7 Å². The predicted octanol–water partition coefficient (Wildman–Crippen LogP) is 3.70. The summed E-state index contributed by atoms with van der Waals surface area (Å²) >= 11 is 0. The average molecular weight is 478 g/mol. The Balaban J connectivity index is 0.00000261. The smallest absolute Gasteiger partial charge is 0.191 e. The van der Waals surface area contributed by atoms with E-state index in [1.165, 1.54) is 30.5 Å². The van der Waals surface area contributed by atoms with Crippen LogP contribution >= 0.6 is 24.0 Å². The molecule has 4 nitrogen and oxygen atoms in total. The molecule has 1 aliphatic heterocycles. The molecule has 1 unspecified atom stereocenters. The van der Waals surface area contributed by atoms with Crippen molar-refractivity contribution in [1.29, 1.82) is 0 Å². The fourth-order valence-electron chi connectivity index (χ4n) is 3.67. The molecule has 3 rings (SSSR count). The Morgan fingerprint density at radius 1 is 1.04 bits per heavy atom. The summed E-state index contributed by atoms with van der Waals surface area (Å²) in [4.78, 5) is 6.84. The van der Waals surface area contributed by atoms with Crippen LogP contribution < -0.4 is 10.6 Å². The molecule has 2 aromatic carbocycles. The van der Waals surface area contributed by atoms with Gasteiger partial charge in [0.15, 0.2) is 5.96 Å². The molecule has 1 fully saturated rings. The van der Waals surface area contributed by atoms with Crippen molar-refractivity contribution >= 4 is 29.9 Å². The molecular formula is C22H31IN4. The molecule has 1 saturated heterocycles. The van der Waals surface area contributed by atoms with E-state index in [-0.39, 0.29) is 24.0 Å². The lowest BCUT2D eigenvalue weighted by molar-refractivity contribution is 0.309. The van der Waals surface area contributed by atoms with E-state index < -0.39 is 0 Å². The van der Waals surface area contributed by atoms with E-state index >= 15 is 0 Å². The van der Waals surface area contributed by atoms with Crippen LogP contribution in [0.2, 0.25) is 0 Å². The van der Waals surface area contributed by atoms with Crippen molar-refractivity contribution in [2.45, 2.75) is 24.8 Å². The Morgan fingerprint density at radius 2 is 1.63 bits per heavy atom. The highest BCUT2D eigenvalue weighted by Gasteiger charge is 2.21. The maximum atomic E-state index is 4.41. The number of aliphatic imine (C=N–C) groups is 1. The number of halogens is 1. The molecule has 0 amide bonds. The number of nitrogens with one attached hydrogen (secondary N) is 2. The van der Waals surface area contributed by atoms with Gasteiger partial charge in [0.2, 0.25) is 0 Å². The third kappa shape index (κ3) is 6.21. The number of likely N-dealkylation sites (tertiary alicyclic amines) is 1. The van der Waals surface area contributed by atoms with E-state index in [1.54, 1.807) is 0 Å². The molecule has 0 radical (unpaired) electrons. The van der Waals surface area contributed by atoms with E-state index in [0.717, 1.165) is 19.0 Å². The minimum Gasteiger partial charge on any atom is -0.355 e. The predicted molar refractivity (Wildman–Crippen MR) is 125 cm³/mol. The Hall–Kier alpha value is -1.60. The lowest BCUT2D eigenvalue weighted by Gasteiger charge is -2.23. The van der Waals surface area contributed by atoms with Gasteiger partial charge in [0, 0.05) is 32.1 Å². The first kappa shape index (κ1) is 21.7. The molecule has 0 aromatic heterocycles. The Kier molecular flexibility index (Phi) is 9.07. The molecule has 1 atom stereocenters. The third-order valence-electron chi connectivity index (χ3n) is 5.28. The van der Waals surface area contributed by atoms with Crippen molar-refractivity contribution in [3.8, 4) is 0 Å². The van der Waals surface area contributed by atoms with Crippen molar-refractivity contribution in [1.82, 2.24) is 15.5 Å². The summed E-state index contributed by atoms with van der Waals surface area (Å²) in [5, 5.41) is 7.02. The molecule has 0 spiro atoms. The number of hydrogen-bond acceptors (Lipinski definition) is 2. The topological polar surface area (TPSA) is 39.7 Å². The lowest BCUT2D eigenvalue weighted by Crippen LogP contribution is -2.45. The van der Waals surface area contributed by atoms with Gasteiger partial charge < -0.3 is 15.5 Å². The minimum absolute atomic E-state index is 0. The summed E-state index contributed by atoms with van der Waals surface area (Å²) in [6.45, 7) is 2.95. The largest absolute Gasteiger partial charge is 0.355 e. The van der Waals surface area contributed by atoms with Crippen LogP contribution in [0.3, 0.4) is 0 Å². The fraction of sp³-hybridized carbons (Fsp3) is 0.409. The summed E-state index contributed by atoms with van der Waals surface area (Å²) in [6.07, 6.45) is 2.55. The van der Waals surface area contributed by atoms with E-state index in [2.05, 4.69) is 88.2 Å². The van der Waals surface area contributed by atoms with Gasteiger partial charge in [0.05, 0.1) is 0 Å². The highest BCUT2D eigenvalue weighted by Crippen LogP contribution is 2.23. The van der Waals surface area contributed by atoms with Crippen molar-refractivity contribution < 1.29 is 0 Å². The Labute approximate surface area is 180 Å². The van der Waals surface area contributed by atoms with Crippen molar-refractivity contribution in [2.75, 3.05) is 33.7 Å². The fourth-order valence-corrected chi connectivity index (χ4v) is 3.67. The highest BCUT2D eigenvalue weighted by molar-refractivity contribution is 14.0. The molecule has 146 valence electrons. The van der Waals surface area contributed by atoms with Gasteiger partial charge in [-0.1, -0.05) is 60.7 Å². The third-order valence-corrected chi connectivity index (χ3v) is 5.28. The van der Waals surface area contributed by atoms with E-state index in [1.807, 2.05) is 7.05 Å². The average Bonchev–Trinajstić information content (AvgIpc) is 3.11. The standard InChI is InChI=1S/C22H30N4.HI/c1-23-22(24-16-20-14-9-15-26(20)2)25-17-21(18-10-5-3-6-11-18)19-12-7-4-8-13-19;/h3-8,10-13,20-21H,9,14-17H2,1-2H3,(H2,23,24,25);1H. The second kappa shape index (κ2) is 11.3. The van der Waals surface area contributed by atoms with Crippen LogP contribution in [0.1, 0.15) is 29.9 Å². The molecule has 0 aliphatic carbocycles. The quantitative estimate of drug-likeness (QED) is 0.378. The number of nitrogens with zero attached hydrogens (tertiary/aromatic N) is 2. The number of rotatable bonds is 6. The van der Waals surface area contributed by atoms with Crippen LogP contribution in [-0.4, -0.2) is 50.6 Å². The van der Waals surface area contributed by atoms with Crippen molar-refractivity contribution in [3.05, 3.63) is 71.8 Å². The first-order valence-corrected chi connectivity index (χ1v) is 9.52. The minimum atomic E-state index is 0. The monoisotopic (exact) mass is 478 g/mol. The zero-order chi connectivity index (χ0) is 18.2. The van der Waals surface area contributed by atoms with Gasteiger partial charge in [-0.05, 0) is 37.6 Å². The van der Waals surface area contributed by atoms with Gasteiger partial charge in [-0.3, -0.25) is 4.99 Å². The van der Waals surface area contributed by atoms with Gasteiger partial charge in [-0.15, -0.1) is 24.0 Å². The molecular weight excluding hydrogens is 447 g/mol. The summed E-state index contributed by atoms with van der Waals surface area (Å²) in [5.74, 6) is 1.17. The van der Waals surface area contributed by atoms with Gasteiger partial charge in [0.1, 0.15) is 0 Å². The van der Waals surface area contributed by atoms with Crippen LogP contribution in [0.4, 0.5) is 0 Å². The number of likely N-dealkylation sites (N-methyl/N-ethyl adjacent to an activating group) is 1. The molecule has 1 aliphatic rings. The van der Waals surface area contributed by atoms with E-state index in [9.17, 15) is 0 Å². The zero-order valence-electron chi connectivity index (χ0n) is 16.3. The summed E-state index contributed by atoms with van der Waals surface area (Å²) in [6, 6.07) is 21.9. The summed E-state index contributed by atoms with van der Waals surface area (Å²) < 4.78 is 0. The summed E-state index contributed by atoms with van der Waals surface area (Å²) in [5.41, 5.74) is 2.63. The highest BCUT2D eigenvalue weighted by atomic mass is 127. The molecule has 2 aromatic rings. The van der Waals surface area contributed by atoms with Crippen LogP contribution in [0.25, 0.3) is 0 Å². The van der Waals surface area contributed by atoms with Crippen LogP contribution in [0.5, 0.6) is 0 Å². The second-order valence-electron chi connectivity index (χ2n) is 6.98. The molecule has 1 heterocycles.